The molecule has 1 aromatic rings. The van der Waals surface area contributed by atoms with Crippen molar-refractivity contribution in [1.29, 1.82) is 0 Å². The number of hydrogen-bond donors (Lipinski definition) is 1. The van der Waals surface area contributed by atoms with Crippen LogP contribution in [0.3, 0.4) is 0 Å². The van der Waals surface area contributed by atoms with Gasteiger partial charge in [0.1, 0.15) is 10.7 Å². The van der Waals surface area contributed by atoms with Gasteiger partial charge in [0.05, 0.1) is 0 Å². The van der Waals surface area contributed by atoms with E-state index in [0.717, 1.165) is 25.9 Å². The normalized spacial score (nSPS) is 15.2. The first-order chi connectivity index (χ1) is 8.15. The highest BCUT2D eigenvalue weighted by molar-refractivity contribution is 7.73. The van der Waals surface area contributed by atoms with E-state index in [2.05, 4.69) is 6.58 Å². The van der Waals surface area contributed by atoms with Crippen LogP contribution in [0.5, 0.6) is 0 Å². The van der Waals surface area contributed by atoms with Gasteiger partial charge in [-0.15, -0.1) is 6.58 Å². The highest BCUT2D eigenvalue weighted by atomic mass is 32.1. The fraction of sp³-hybridized carbons (Fsp3) is 0.455. The summed E-state index contributed by atoms with van der Waals surface area (Å²) in [6.45, 7) is 5.85. The van der Waals surface area contributed by atoms with Gasteiger partial charge in [0.25, 0.3) is 5.91 Å². The lowest BCUT2D eigenvalue weighted by Crippen LogP contribution is -2.27. The summed E-state index contributed by atoms with van der Waals surface area (Å²) in [5.74, 6) is 0.482. The maximum absolute atomic E-state index is 12.2. The minimum Gasteiger partial charge on any atom is -0.384 e. The molecule has 0 unspecified atom stereocenters. The van der Waals surface area contributed by atoms with E-state index in [0.29, 0.717) is 21.2 Å². The molecule has 0 aromatic carbocycles. The molecule has 0 bridgehead atoms. The van der Waals surface area contributed by atoms with Crippen molar-refractivity contribution in [3.8, 4) is 0 Å². The average Bonchev–Trinajstić information content (AvgIpc) is 2.92. The Morgan fingerprint density at radius 1 is 1.53 bits per heavy atom. The lowest BCUT2D eigenvalue weighted by molar-refractivity contribution is 0.0798. The summed E-state index contributed by atoms with van der Waals surface area (Å²) in [4.78, 5) is 14.6. The van der Waals surface area contributed by atoms with Crippen molar-refractivity contribution in [3.05, 3.63) is 21.5 Å². The van der Waals surface area contributed by atoms with Crippen LogP contribution in [-0.4, -0.2) is 28.5 Å². The van der Waals surface area contributed by atoms with Crippen LogP contribution in [-0.2, 0) is 6.54 Å². The number of amides is 1. The first-order valence-corrected chi connectivity index (χ1v) is 6.77. The molecule has 0 spiro atoms. The second-order valence-electron chi connectivity index (χ2n) is 3.98. The fourth-order valence-electron chi connectivity index (χ4n) is 1.93. The molecule has 1 aliphatic rings. The van der Waals surface area contributed by atoms with Gasteiger partial charge < -0.3 is 15.2 Å². The van der Waals surface area contributed by atoms with Crippen molar-refractivity contribution < 1.29 is 4.79 Å². The molecule has 0 radical (unpaired) electrons. The summed E-state index contributed by atoms with van der Waals surface area (Å²) in [6.07, 6.45) is 3.87. The quantitative estimate of drug-likeness (QED) is 0.676. The summed E-state index contributed by atoms with van der Waals surface area (Å²) in [7, 11) is 0. The molecule has 6 heteroatoms. The van der Waals surface area contributed by atoms with Gasteiger partial charge in [-0.2, -0.15) is 0 Å². The van der Waals surface area contributed by atoms with Crippen LogP contribution >= 0.6 is 23.6 Å². The Morgan fingerprint density at radius 2 is 2.18 bits per heavy atom. The number of nitrogens with two attached hydrogens (primary N) is 1. The maximum atomic E-state index is 12.2. The van der Waals surface area contributed by atoms with E-state index in [1.807, 2.05) is 4.90 Å². The molecule has 1 amide bonds. The van der Waals surface area contributed by atoms with Crippen LogP contribution in [0, 0.1) is 3.95 Å². The molecule has 4 nitrogen and oxygen atoms in total. The van der Waals surface area contributed by atoms with Gasteiger partial charge >= 0.3 is 0 Å². The highest BCUT2D eigenvalue weighted by Crippen LogP contribution is 2.25. The number of thiazole rings is 1. The number of hydrogen-bond acceptors (Lipinski definition) is 4. The topological polar surface area (TPSA) is 51.3 Å². The highest BCUT2D eigenvalue weighted by Gasteiger charge is 2.24. The van der Waals surface area contributed by atoms with Gasteiger partial charge in [-0.3, -0.25) is 4.79 Å². The Kier molecular flexibility index (Phi) is 3.63. The molecule has 2 heterocycles. The zero-order valence-electron chi connectivity index (χ0n) is 9.52. The molecule has 92 valence electrons. The third-order valence-electron chi connectivity index (χ3n) is 2.83. The van der Waals surface area contributed by atoms with Gasteiger partial charge in [-0.05, 0) is 25.1 Å². The van der Waals surface area contributed by atoms with Gasteiger partial charge in [-0.25, -0.2) is 0 Å². The average molecular weight is 269 g/mol. The molecule has 1 aromatic heterocycles. The molecule has 2 N–H and O–H groups in total. The summed E-state index contributed by atoms with van der Waals surface area (Å²) in [6, 6.07) is 0. The Bertz CT molecular complexity index is 497. The Labute approximate surface area is 109 Å². The van der Waals surface area contributed by atoms with Crippen molar-refractivity contribution >= 4 is 35.3 Å². The van der Waals surface area contributed by atoms with Crippen molar-refractivity contribution in [2.75, 3.05) is 18.8 Å². The number of rotatable bonds is 3. The van der Waals surface area contributed by atoms with Crippen LogP contribution in [0.25, 0.3) is 0 Å². The van der Waals surface area contributed by atoms with Crippen LogP contribution < -0.4 is 5.73 Å². The molecule has 0 aliphatic carbocycles. The molecule has 2 rings (SSSR count). The number of nitrogen functional groups attached to an aromatic ring is 1. The van der Waals surface area contributed by atoms with E-state index < -0.39 is 0 Å². The largest absolute Gasteiger partial charge is 0.384 e. The SMILES string of the molecule is C=CCn1c(N)c(C(=O)N2CCCC2)sc1=S. The molecular weight excluding hydrogens is 254 g/mol. The van der Waals surface area contributed by atoms with Crippen LogP contribution in [0.2, 0.25) is 0 Å². The zero-order chi connectivity index (χ0) is 12.4. The number of aromatic nitrogens is 1. The van der Waals surface area contributed by atoms with Gasteiger partial charge in [0, 0.05) is 19.6 Å². The minimum atomic E-state index is 0.0129. The Balaban J connectivity index is 2.32. The van der Waals surface area contributed by atoms with Gasteiger partial charge in [-0.1, -0.05) is 17.4 Å². The van der Waals surface area contributed by atoms with E-state index in [1.165, 1.54) is 11.3 Å². The first kappa shape index (κ1) is 12.3. The summed E-state index contributed by atoms with van der Waals surface area (Å²) < 4.78 is 2.38. The number of allylic oxidation sites excluding steroid dienone is 1. The smallest absolute Gasteiger partial charge is 0.267 e. The maximum Gasteiger partial charge on any atom is 0.267 e. The second kappa shape index (κ2) is 5.01. The van der Waals surface area contributed by atoms with Crippen LogP contribution in [0.4, 0.5) is 5.82 Å². The standard InChI is InChI=1S/C11H15N3OS2/c1-2-5-14-9(12)8(17-11(14)16)10(15)13-6-3-4-7-13/h2H,1,3-7,12H2. The monoisotopic (exact) mass is 269 g/mol. The van der Waals surface area contributed by atoms with E-state index in [9.17, 15) is 4.79 Å². The van der Waals surface area contributed by atoms with E-state index in [4.69, 9.17) is 18.0 Å². The molecule has 1 saturated heterocycles. The number of likely N-dealkylation sites (tertiary alicyclic amines) is 1. The van der Waals surface area contributed by atoms with Crippen LogP contribution in [0.15, 0.2) is 12.7 Å². The molecule has 0 saturated carbocycles. The van der Waals surface area contributed by atoms with E-state index in [-0.39, 0.29) is 5.91 Å². The Hall–Kier alpha value is -1.14. The van der Waals surface area contributed by atoms with Crippen molar-refractivity contribution in [2.45, 2.75) is 19.4 Å². The number of anilines is 1. The van der Waals surface area contributed by atoms with E-state index in [1.54, 1.807) is 10.6 Å². The molecule has 0 atom stereocenters. The number of carbonyl (C=O) groups excluding carboxylic acids is 1. The van der Waals surface area contributed by atoms with Gasteiger partial charge in [0.15, 0.2) is 3.95 Å². The molecule has 1 fully saturated rings. The summed E-state index contributed by atoms with van der Waals surface area (Å²) in [5, 5.41) is 0. The van der Waals surface area contributed by atoms with Crippen molar-refractivity contribution in [3.63, 3.8) is 0 Å². The number of carbonyl (C=O) groups is 1. The minimum absolute atomic E-state index is 0.0129. The molecule has 17 heavy (non-hydrogen) atoms. The van der Waals surface area contributed by atoms with Gasteiger partial charge in [0.2, 0.25) is 0 Å². The summed E-state index contributed by atoms with van der Waals surface area (Å²) >= 11 is 6.49. The predicted molar refractivity (Wildman–Crippen MR) is 72.9 cm³/mol. The molecule has 1 aliphatic heterocycles. The summed E-state index contributed by atoms with van der Waals surface area (Å²) in [5.41, 5.74) is 5.97. The second-order valence-corrected chi connectivity index (χ2v) is 5.63. The third kappa shape index (κ3) is 2.28. The zero-order valence-corrected chi connectivity index (χ0v) is 11.1. The van der Waals surface area contributed by atoms with Crippen LogP contribution in [0.1, 0.15) is 22.5 Å². The third-order valence-corrected chi connectivity index (χ3v) is 4.29. The first-order valence-electron chi connectivity index (χ1n) is 5.54. The number of nitrogens with zero attached hydrogens (tertiary/aromatic N) is 2. The predicted octanol–water partition coefficient (Wildman–Crippen LogP) is 2.28. The lowest BCUT2D eigenvalue weighted by Gasteiger charge is -2.14. The lowest BCUT2D eigenvalue weighted by atomic mass is 10.4. The fourth-order valence-corrected chi connectivity index (χ4v) is 3.25. The van der Waals surface area contributed by atoms with E-state index >= 15 is 0 Å². The van der Waals surface area contributed by atoms with Crippen molar-refractivity contribution in [2.24, 2.45) is 0 Å². The molecular formula is C11H15N3OS2. The Morgan fingerprint density at radius 3 is 2.76 bits per heavy atom. The van der Waals surface area contributed by atoms with Crippen molar-refractivity contribution in [1.82, 2.24) is 9.47 Å².